The number of nitrogens with zero attached hydrogens (tertiary/aromatic N) is 5. The van der Waals surface area contributed by atoms with E-state index >= 15 is 0 Å². The van der Waals surface area contributed by atoms with E-state index in [4.69, 9.17) is 4.74 Å². The maximum absolute atomic E-state index is 12.0. The summed E-state index contributed by atoms with van der Waals surface area (Å²) in [5, 5.41) is 14.7. The molecule has 3 rings (SSSR count). The number of likely N-dealkylation sites (tertiary alicyclic amines) is 1. The van der Waals surface area contributed by atoms with Crippen molar-refractivity contribution in [1.82, 2.24) is 30.3 Å². The van der Waals surface area contributed by atoms with Gasteiger partial charge in [-0.25, -0.2) is 4.79 Å². The maximum atomic E-state index is 12.0. The van der Waals surface area contributed by atoms with E-state index in [-0.39, 0.29) is 12.1 Å². The van der Waals surface area contributed by atoms with Gasteiger partial charge in [-0.3, -0.25) is 9.56 Å². The lowest BCUT2D eigenvalue weighted by Gasteiger charge is -2.40. The van der Waals surface area contributed by atoms with Gasteiger partial charge in [-0.05, 0) is 32.9 Å². The van der Waals surface area contributed by atoms with E-state index in [1.807, 2.05) is 55.7 Å². The van der Waals surface area contributed by atoms with Gasteiger partial charge in [0.15, 0.2) is 11.8 Å². The summed E-state index contributed by atoms with van der Waals surface area (Å²) in [6, 6.07) is 10.0. The fraction of sp³-hybridized carbons (Fsp3) is 0.474. The van der Waals surface area contributed by atoms with Crippen LogP contribution in [-0.4, -0.2) is 63.5 Å². The molecule has 1 fully saturated rings. The quantitative estimate of drug-likeness (QED) is 0.612. The molecule has 2 heterocycles. The molecule has 1 saturated heterocycles. The normalized spacial score (nSPS) is 15.1. The molecular formula is C19H27N7O2. The largest absolute Gasteiger partial charge is 0.444 e. The Kier molecular flexibility index (Phi) is 5.81. The Morgan fingerprint density at radius 3 is 2.64 bits per heavy atom. The number of benzene rings is 1. The molecule has 0 radical (unpaired) electrons. The van der Waals surface area contributed by atoms with Crippen LogP contribution >= 0.6 is 0 Å². The van der Waals surface area contributed by atoms with E-state index in [1.165, 1.54) is 0 Å². The predicted molar refractivity (Wildman–Crippen MR) is 106 cm³/mol. The number of para-hydroxylation sites is 1. The number of hydrogen-bond donors (Lipinski definition) is 2. The van der Waals surface area contributed by atoms with Crippen molar-refractivity contribution in [3.63, 3.8) is 0 Å². The van der Waals surface area contributed by atoms with Crippen molar-refractivity contribution >= 4 is 12.1 Å². The van der Waals surface area contributed by atoms with Crippen molar-refractivity contribution in [2.45, 2.75) is 39.0 Å². The number of guanidine groups is 1. The number of hydrogen-bond acceptors (Lipinski definition) is 5. The topological polar surface area (TPSA) is 96.7 Å². The van der Waals surface area contributed by atoms with Gasteiger partial charge < -0.3 is 20.3 Å². The van der Waals surface area contributed by atoms with Gasteiger partial charge in [0.05, 0.1) is 12.6 Å². The van der Waals surface area contributed by atoms with Gasteiger partial charge in [-0.15, -0.1) is 10.2 Å². The van der Waals surface area contributed by atoms with E-state index < -0.39 is 5.60 Å². The van der Waals surface area contributed by atoms with Gasteiger partial charge in [0, 0.05) is 25.8 Å². The lowest BCUT2D eigenvalue weighted by Crippen LogP contribution is -2.63. The number of aromatic nitrogens is 3. The van der Waals surface area contributed by atoms with Gasteiger partial charge >= 0.3 is 6.09 Å². The first-order valence-electron chi connectivity index (χ1n) is 9.25. The average Bonchev–Trinajstić information content (AvgIpc) is 3.08. The highest BCUT2D eigenvalue weighted by atomic mass is 16.6. The average molecular weight is 385 g/mol. The fourth-order valence-electron chi connectivity index (χ4n) is 2.78. The Hall–Kier alpha value is -3.10. The van der Waals surface area contributed by atoms with Crippen molar-refractivity contribution in [1.29, 1.82) is 0 Å². The summed E-state index contributed by atoms with van der Waals surface area (Å²) in [7, 11) is 1.71. The highest BCUT2D eigenvalue weighted by molar-refractivity contribution is 5.80. The van der Waals surface area contributed by atoms with E-state index in [1.54, 1.807) is 18.3 Å². The zero-order valence-corrected chi connectivity index (χ0v) is 16.7. The number of carbonyl (C=O) groups excluding carboxylic acids is 1. The smallest absolute Gasteiger partial charge is 0.410 e. The molecule has 0 saturated carbocycles. The maximum Gasteiger partial charge on any atom is 0.410 e. The Morgan fingerprint density at radius 2 is 2.00 bits per heavy atom. The standard InChI is InChI=1S/C19H27N7O2/c1-19(2,3)28-18(27)25-11-14(12-25)23-17(20-4)21-10-16-24-22-13-26(16)15-8-6-5-7-9-15/h5-9,13-14H,10-12H2,1-4H3,(H2,20,21,23). The summed E-state index contributed by atoms with van der Waals surface area (Å²) in [6.07, 6.45) is 1.40. The first-order chi connectivity index (χ1) is 13.4. The van der Waals surface area contributed by atoms with Gasteiger partial charge in [0.2, 0.25) is 0 Å². The zero-order valence-electron chi connectivity index (χ0n) is 16.7. The number of ether oxygens (including phenoxy) is 1. The molecular weight excluding hydrogens is 358 g/mol. The predicted octanol–water partition coefficient (Wildman–Crippen LogP) is 1.55. The van der Waals surface area contributed by atoms with Gasteiger partial charge in [-0.1, -0.05) is 18.2 Å². The number of amides is 1. The molecule has 1 amide bonds. The molecule has 0 bridgehead atoms. The molecule has 2 aromatic rings. The SMILES string of the molecule is CN=C(NCc1nncn1-c1ccccc1)NC1CN(C(=O)OC(C)(C)C)C1. The van der Waals surface area contributed by atoms with Crippen LogP contribution in [0.4, 0.5) is 4.79 Å². The van der Waals surface area contributed by atoms with E-state index in [0.717, 1.165) is 11.5 Å². The Morgan fingerprint density at radius 1 is 1.29 bits per heavy atom. The monoisotopic (exact) mass is 385 g/mol. The third-order valence-corrected chi connectivity index (χ3v) is 4.16. The second-order valence-electron chi connectivity index (χ2n) is 7.61. The van der Waals surface area contributed by atoms with E-state index in [2.05, 4.69) is 25.8 Å². The van der Waals surface area contributed by atoms with Gasteiger partial charge in [0.25, 0.3) is 0 Å². The third kappa shape index (κ3) is 4.99. The molecule has 0 aliphatic carbocycles. The van der Waals surface area contributed by atoms with Crippen molar-refractivity contribution in [3.8, 4) is 5.69 Å². The van der Waals surface area contributed by atoms with Gasteiger partial charge in [-0.2, -0.15) is 0 Å². The molecule has 9 heteroatoms. The summed E-state index contributed by atoms with van der Waals surface area (Å²) in [4.78, 5) is 17.9. The molecule has 1 aliphatic heterocycles. The second kappa shape index (κ2) is 8.28. The Balaban J connectivity index is 1.48. The number of rotatable bonds is 4. The molecule has 1 aliphatic rings. The van der Waals surface area contributed by atoms with Crippen LogP contribution < -0.4 is 10.6 Å². The summed E-state index contributed by atoms with van der Waals surface area (Å²) in [6.45, 7) is 7.21. The van der Waals surface area contributed by atoms with Crippen LogP contribution in [0, 0.1) is 0 Å². The van der Waals surface area contributed by atoms with Crippen LogP contribution in [0.25, 0.3) is 5.69 Å². The van der Waals surface area contributed by atoms with Crippen LogP contribution in [0.15, 0.2) is 41.7 Å². The number of aliphatic imine (C=N–C) groups is 1. The molecule has 0 unspecified atom stereocenters. The summed E-state index contributed by atoms with van der Waals surface area (Å²) < 4.78 is 7.29. The van der Waals surface area contributed by atoms with Crippen LogP contribution in [0.3, 0.4) is 0 Å². The molecule has 28 heavy (non-hydrogen) atoms. The van der Waals surface area contributed by atoms with Crippen molar-refractivity contribution in [3.05, 3.63) is 42.5 Å². The molecule has 0 spiro atoms. The van der Waals surface area contributed by atoms with Crippen LogP contribution in [0.2, 0.25) is 0 Å². The molecule has 0 atom stereocenters. The van der Waals surface area contributed by atoms with Crippen molar-refractivity contribution in [2.24, 2.45) is 4.99 Å². The van der Waals surface area contributed by atoms with Gasteiger partial charge in [0.1, 0.15) is 11.9 Å². The van der Waals surface area contributed by atoms with E-state index in [9.17, 15) is 4.79 Å². The highest BCUT2D eigenvalue weighted by Gasteiger charge is 2.34. The molecule has 2 N–H and O–H groups in total. The highest BCUT2D eigenvalue weighted by Crippen LogP contribution is 2.15. The molecule has 1 aromatic carbocycles. The van der Waals surface area contributed by atoms with Crippen molar-refractivity contribution in [2.75, 3.05) is 20.1 Å². The first kappa shape index (κ1) is 19.7. The molecule has 9 nitrogen and oxygen atoms in total. The summed E-state index contributed by atoms with van der Waals surface area (Å²) in [5.74, 6) is 1.43. The zero-order chi connectivity index (χ0) is 20.1. The van der Waals surface area contributed by atoms with E-state index in [0.29, 0.717) is 25.6 Å². The summed E-state index contributed by atoms with van der Waals surface area (Å²) in [5.41, 5.74) is 0.515. The second-order valence-corrected chi connectivity index (χ2v) is 7.61. The lowest BCUT2D eigenvalue weighted by atomic mass is 10.1. The minimum Gasteiger partial charge on any atom is -0.444 e. The summed E-state index contributed by atoms with van der Waals surface area (Å²) >= 11 is 0. The Bertz CT molecular complexity index is 820. The number of nitrogens with one attached hydrogen (secondary N) is 2. The Labute approximate surface area is 164 Å². The first-order valence-corrected chi connectivity index (χ1v) is 9.25. The van der Waals surface area contributed by atoms with Crippen LogP contribution in [0.1, 0.15) is 26.6 Å². The van der Waals surface area contributed by atoms with Crippen LogP contribution in [0.5, 0.6) is 0 Å². The third-order valence-electron chi connectivity index (χ3n) is 4.16. The number of carbonyl (C=O) groups is 1. The lowest BCUT2D eigenvalue weighted by molar-refractivity contribution is 0.00701. The molecule has 150 valence electrons. The minimum absolute atomic E-state index is 0.130. The van der Waals surface area contributed by atoms with Crippen molar-refractivity contribution < 1.29 is 9.53 Å². The van der Waals surface area contributed by atoms with Crippen LogP contribution in [-0.2, 0) is 11.3 Å². The molecule has 1 aromatic heterocycles. The minimum atomic E-state index is -0.484. The fourth-order valence-corrected chi connectivity index (χ4v) is 2.78.